The fourth-order valence-electron chi connectivity index (χ4n) is 0.293. The molecule has 8 heavy (non-hydrogen) atoms. The molecule has 1 amide bonds. The van der Waals surface area contributed by atoms with E-state index in [1.54, 1.807) is 0 Å². The molecule has 0 radical (unpaired) electrons. The Kier molecular flexibility index (Phi) is 2.77. The van der Waals surface area contributed by atoms with Crippen LogP contribution in [-0.4, -0.2) is 12.6 Å². The molecule has 0 rings (SSSR count). The SMILES string of the molecule is C=NC(=O)C=C(C)C. The standard InChI is InChI=1S/C6H9NO/c1-5(2)4-6(8)7-3/h4H,3H2,1-2H3. The predicted molar refractivity (Wildman–Crippen MR) is 34.0 cm³/mol. The molecular weight excluding hydrogens is 102 g/mol. The van der Waals surface area contributed by atoms with Gasteiger partial charge in [0.2, 0.25) is 0 Å². The summed E-state index contributed by atoms with van der Waals surface area (Å²) >= 11 is 0. The number of aliphatic imine (C=N–C) groups is 1. The summed E-state index contributed by atoms with van der Waals surface area (Å²) in [5.41, 5.74) is 0.947. The van der Waals surface area contributed by atoms with Crippen molar-refractivity contribution in [2.75, 3.05) is 0 Å². The molecule has 2 heteroatoms. The van der Waals surface area contributed by atoms with Crippen LogP contribution in [0.1, 0.15) is 13.8 Å². The van der Waals surface area contributed by atoms with Crippen molar-refractivity contribution in [1.29, 1.82) is 0 Å². The maximum Gasteiger partial charge on any atom is 0.269 e. The Morgan fingerprint density at radius 3 is 2.25 bits per heavy atom. The van der Waals surface area contributed by atoms with Crippen LogP contribution in [0.3, 0.4) is 0 Å². The summed E-state index contributed by atoms with van der Waals surface area (Å²) in [5.74, 6) is -0.273. The van der Waals surface area contributed by atoms with Crippen molar-refractivity contribution >= 4 is 12.6 Å². The first-order valence-corrected chi connectivity index (χ1v) is 2.32. The van der Waals surface area contributed by atoms with E-state index >= 15 is 0 Å². The van der Waals surface area contributed by atoms with E-state index < -0.39 is 0 Å². The molecule has 0 saturated heterocycles. The number of carbonyl (C=O) groups is 1. The van der Waals surface area contributed by atoms with Gasteiger partial charge in [-0.3, -0.25) is 4.79 Å². The van der Waals surface area contributed by atoms with E-state index in [0.29, 0.717) is 0 Å². The number of allylic oxidation sites excluding steroid dienone is 1. The van der Waals surface area contributed by atoms with Gasteiger partial charge in [-0.15, -0.1) is 0 Å². The van der Waals surface area contributed by atoms with Gasteiger partial charge in [0.1, 0.15) is 0 Å². The molecule has 0 aliphatic rings. The summed E-state index contributed by atoms with van der Waals surface area (Å²) < 4.78 is 0. The van der Waals surface area contributed by atoms with Gasteiger partial charge in [-0.2, -0.15) is 0 Å². The fraction of sp³-hybridized carbons (Fsp3) is 0.333. The Bertz CT molecular complexity index is 131. The van der Waals surface area contributed by atoms with Crippen molar-refractivity contribution in [1.82, 2.24) is 0 Å². The second kappa shape index (κ2) is 3.13. The minimum atomic E-state index is -0.273. The normalized spacial score (nSPS) is 7.75. The van der Waals surface area contributed by atoms with Crippen LogP contribution < -0.4 is 0 Å². The van der Waals surface area contributed by atoms with Gasteiger partial charge in [-0.1, -0.05) is 5.57 Å². The number of rotatable bonds is 1. The summed E-state index contributed by atoms with van der Waals surface area (Å²) in [6, 6.07) is 0. The van der Waals surface area contributed by atoms with Crippen LogP contribution in [0.4, 0.5) is 0 Å². The van der Waals surface area contributed by atoms with Crippen molar-refractivity contribution in [2.45, 2.75) is 13.8 Å². The highest BCUT2D eigenvalue weighted by Crippen LogP contribution is 1.88. The average Bonchev–Trinajstić information content (AvgIpc) is 1.65. The third-order valence-electron chi connectivity index (χ3n) is 0.568. The summed E-state index contributed by atoms with van der Waals surface area (Å²) in [5, 5.41) is 0. The highest BCUT2D eigenvalue weighted by Gasteiger charge is 1.85. The Hall–Kier alpha value is -0.920. The van der Waals surface area contributed by atoms with Crippen LogP contribution in [0, 0.1) is 0 Å². The number of carbonyl (C=O) groups excluding carboxylic acids is 1. The molecule has 0 aromatic heterocycles. The maximum absolute atomic E-state index is 10.3. The lowest BCUT2D eigenvalue weighted by Crippen LogP contribution is -1.84. The van der Waals surface area contributed by atoms with Crippen LogP contribution in [-0.2, 0) is 4.79 Å². The molecule has 0 saturated carbocycles. The van der Waals surface area contributed by atoms with Gasteiger partial charge in [0.15, 0.2) is 0 Å². The van der Waals surface area contributed by atoms with Crippen molar-refractivity contribution in [3.05, 3.63) is 11.6 Å². The smallest absolute Gasteiger partial charge is 0.268 e. The zero-order valence-corrected chi connectivity index (χ0v) is 5.14. The first-order chi connectivity index (χ1) is 3.66. The molecule has 2 nitrogen and oxygen atoms in total. The van der Waals surface area contributed by atoms with Gasteiger partial charge in [-0.25, -0.2) is 4.99 Å². The highest BCUT2D eigenvalue weighted by atomic mass is 16.1. The van der Waals surface area contributed by atoms with Gasteiger partial charge in [-0.05, 0) is 20.6 Å². The van der Waals surface area contributed by atoms with Crippen molar-refractivity contribution < 1.29 is 4.79 Å². The second-order valence-corrected chi connectivity index (χ2v) is 1.72. The Morgan fingerprint density at radius 1 is 1.62 bits per heavy atom. The monoisotopic (exact) mass is 111 g/mol. The lowest BCUT2D eigenvalue weighted by atomic mass is 10.3. The predicted octanol–water partition coefficient (Wildman–Crippen LogP) is 1.18. The lowest BCUT2D eigenvalue weighted by Gasteiger charge is -1.81. The molecule has 0 unspecified atom stereocenters. The molecule has 0 N–H and O–H groups in total. The number of hydrogen-bond donors (Lipinski definition) is 0. The first kappa shape index (κ1) is 7.08. The second-order valence-electron chi connectivity index (χ2n) is 1.72. The van der Waals surface area contributed by atoms with Gasteiger partial charge in [0.05, 0.1) is 0 Å². The minimum Gasteiger partial charge on any atom is -0.268 e. The van der Waals surface area contributed by atoms with Crippen LogP contribution in [0.25, 0.3) is 0 Å². The van der Waals surface area contributed by atoms with E-state index in [-0.39, 0.29) is 5.91 Å². The van der Waals surface area contributed by atoms with E-state index in [4.69, 9.17) is 0 Å². The quantitative estimate of drug-likeness (QED) is 0.369. The molecular formula is C6H9NO. The molecule has 0 aromatic rings. The van der Waals surface area contributed by atoms with E-state index in [1.807, 2.05) is 13.8 Å². The summed E-state index contributed by atoms with van der Waals surface area (Å²) in [7, 11) is 0. The maximum atomic E-state index is 10.3. The summed E-state index contributed by atoms with van der Waals surface area (Å²) in [6.07, 6.45) is 1.44. The Balaban J connectivity index is 3.89. The number of hydrogen-bond acceptors (Lipinski definition) is 1. The average molecular weight is 111 g/mol. The van der Waals surface area contributed by atoms with Gasteiger partial charge in [0, 0.05) is 6.08 Å². The molecule has 0 aliphatic heterocycles. The summed E-state index contributed by atoms with van der Waals surface area (Å²) in [4.78, 5) is 13.5. The third-order valence-corrected chi connectivity index (χ3v) is 0.568. The zero-order valence-electron chi connectivity index (χ0n) is 5.14. The molecule has 0 atom stereocenters. The Morgan fingerprint density at radius 2 is 2.12 bits per heavy atom. The molecule has 0 spiro atoms. The molecule has 0 aliphatic carbocycles. The lowest BCUT2D eigenvalue weighted by molar-refractivity contribution is -0.113. The number of nitrogens with zero attached hydrogens (tertiary/aromatic N) is 1. The van der Waals surface area contributed by atoms with Crippen LogP contribution in [0.15, 0.2) is 16.6 Å². The Labute approximate surface area is 48.9 Å². The van der Waals surface area contributed by atoms with E-state index in [1.165, 1.54) is 6.08 Å². The molecule has 0 heterocycles. The minimum absolute atomic E-state index is 0.273. The first-order valence-electron chi connectivity index (χ1n) is 2.32. The van der Waals surface area contributed by atoms with Gasteiger partial charge < -0.3 is 0 Å². The fourth-order valence-corrected chi connectivity index (χ4v) is 0.293. The van der Waals surface area contributed by atoms with Gasteiger partial charge in [0.25, 0.3) is 5.91 Å². The zero-order chi connectivity index (χ0) is 6.57. The number of amides is 1. The largest absolute Gasteiger partial charge is 0.269 e. The van der Waals surface area contributed by atoms with Gasteiger partial charge >= 0.3 is 0 Å². The molecule has 0 fully saturated rings. The van der Waals surface area contributed by atoms with Crippen molar-refractivity contribution in [3.63, 3.8) is 0 Å². The van der Waals surface area contributed by atoms with Crippen LogP contribution in [0.2, 0.25) is 0 Å². The third kappa shape index (κ3) is 3.28. The van der Waals surface area contributed by atoms with E-state index in [0.717, 1.165) is 5.57 Å². The van der Waals surface area contributed by atoms with E-state index in [9.17, 15) is 4.79 Å². The highest BCUT2D eigenvalue weighted by molar-refractivity contribution is 5.91. The van der Waals surface area contributed by atoms with Crippen molar-refractivity contribution in [2.24, 2.45) is 4.99 Å². The summed E-state index contributed by atoms with van der Waals surface area (Å²) in [6.45, 7) is 6.74. The van der Waals surface area contributed by atoms with Crippen molar-refractivity contribution in [3.8, 4) is 0 Å². The topological polar surface area (TPSA) is 29.4 Å². The van der Waals surface area contributed by atoms with Crippen LogP contribution >= 0.6 is 0 Å². The molecule has 0 aromatic carbocycles. The van der Waals surface area contributed by atoms with E-state index in [2.05, 4.69) is 11.7 Å². The molecule has 0 bridgehead atoms. The van der Waals surface area contributed by atoms with Crippen LogP contribution in [0.5, 0.6) is 0 Å². The molecule has 44 valence electrons.